The smallest absolute Gasteiger partial charge is 0.126 e. The van der Waals surface area contributed by atoms with E-state index < -0.39 is 0 Å². The second kappa shape index (κ2) is 5.04. The molecule has 1 aliphatic rings. The molecule has 3 rings (SSSR count). The van der Waals surface area contributed by atoms with Gasteiger partial charge in [-0.3, -0.25) is 5.43 Å². The van der Waals surface area contributed by atoms with Crippen LogP contribution in [0.3, 0.4) is 0 Å². The zero-order valence-corrected chi connectivity index (χ0v) is 11.1. The Bertz CT molecular complexity index is 566. The lowest BCUT2D eigenvalue weighted by atomic mass is 10.2. The van der Waals surface area contributed by atoms with Crippen LogP contribution in [-0.2, 0) is 0 Å². The molecule has 0 bridgehead atoms. The lowest BCUT2D eigenvalue weighted by molar-refractivity contribution is 0.744. The van der Waals surface area contributed by atoms with Crippen molar-refractivity contribution in [3.05, 3.63) is 70.7 Å². The molecule has 2 nitrogen and oxygen atoms in total. The van der Waals surface area contributed by atoms with Crippen LogP contribution in [0, 0.1) is 0 Å². The average molecular weight is 275 g/mol. The van der Waals surface area contributed by atoms with Gasteiger partial charge in [0.1, 0.15) is 10.4 Å². The lowest BCUT2D eigenvalue weighted by Crippen LogP contribution is -2.06. The van der Waals surface area contributed by atoms with Gasteiger partial charge in [-0.05, 0) is 17.7 Å². The van der Waals surface area contributed by atoms with E-state index in [1.807, 2.05) is 42.5 Å². The summed E-state index contributed by atoms with van der Waals surface area (Å²) in [5.74, 6) is 0. The molecule has 90 valence electrons. The van der Waals surface area contributed by atoms with Gasteiger partial charge in [0.2, 0.25) is 0 Å². The van der Waals surface area contributed by atoms with Crippen molar-refractivity contribution in [3.8, 4) is 0 Å². The number of rotatable bonds is 2. The highest BCUT2D eigenvalue weighted by Crippen LogP contribution is 2.34. The Labute approximate surface area is 115 Å². The minimum absolute atomic E-state index is 0.164. The van der Waals surface area contributed by atoms with Crippen LogP contribution < -0.4 is 5.43 Å². The monoisotopic (exact) mass is 274 g/mol. The van der Waals surface area contributed by atoms with Crippen molar-refractivity contribution in [2.45, 2.75) is 5.37 Å². The summed E-state index contributed by atoms with van der Waals surface area (Å²) >= 11 is 7.61. The fourth-order valence-corrected chi connectivity index (χ4v) is 2.90. The molecule has 0 spiro atoms. The first kappa shape index (κ1) is 11.6. The van der Waals surface area contributed by atoms with E-state index in [0.717, 1.165) is 15.6 Å². The summed E-state index contributed by atoms with van der Waals surface area (Å²) in [7, 11) is 0. The van der Waals surface area contributed by atoms with Gasteiger partial charge in [-0.15, -0.1) is 0 Å². The van der Waals surface area contributed by atoms with Crippen LogP contribution in [0.25, 0.3) is 0 Å². The molecular weight excluding hydrogens is 264 g/mol. The Morgan fingerprint density at radius 3 is 2.44 bits per heavy atom. The number of hydrazone groups is 1. The molecule has 1 aliphatic heterocycles. The Morgan fingerprint density at radius 1 is 1.00 bits per heavy atom. The van der Waals surface area contributed by atoms with Crippen molar-refractivity contribution in [3.63, 3.8) is 0 Å². The van der Waals surface area contributed by atoms with Crippen molar-refractivity contribution >= 4 is 28.4 Å². The summed E-state index contributed by atoms with van der Waals surface area (Å²) in [6.45, 7) is 0. The molecule has 1 atom stereocenters. The molecule has 0 saturated heterocycles. The molecule has 4 heteroatoms. The molecule has 0 aliphatic carbocycles. The van der Waals surface area contributed by atoms with Gasteiger partial charge >= 0.3 is 0 Å². The van der Waals surface area contributed by atoms with Gasteiger partial charge < -0.3 is 0 Å². The molecular formula is C14H11ClN2S. The zero-order valence-electron chi connectivity index (χ0n) is 9.51. The minimum Gasteiger partial charge on any atom is -0.291 e. The van der Waals surface area contributed by atoms with E-state index in [-0.39, 0.29) is 5.37 Å². The second-order valence-corrected chi connectivity index (χ2v) is 5.49. The first-order valence-corrected chi connectivity index (χ1v) is 6.89. The Morgan fingerprint density at radius 2 is 1.72 bits per heavy atom. The quantitative estimate of drug-likeness (QED) is 0.894. The Kier molecular flexibility index (Phi) is 3.26. The van der Waals surface area contributed by atoms with Crippen LogP contribution in [0.1, 0.15) is 16.5 Å². The molecule has 1 heterocycles. The fourth-order valence-electron chi connectivity index (χ4n) is 1.78. The van der Waals surface area contributed by atoms with E-state index in [4.69, 9.17) is 11.6 Å². The first-order chi connectivity index (χ1) is 8.83. The predicted molar refractivity (Wildman–Crippen MR) is 77.9 cm³/mol. The number of hydrogen-bond acceptors (Lipinski definition) is 3. The van der Waals surface area contributed by atoms with Crippen molar-refractivity contribution in [2.75, 3.05) is 0 Å². The number of nitrogens with one attached hydrogen (secondary N) is 1. The van der Waals surface area contributed by atoms with Crippen molar-refractivity contribution < 1.29 is 0 Å². The number of hydrogen-bond donors (Lipinski definition) is 1. The summed E-state index contributed by atoms with van der Waals surface area (Å²) in [5, 5.41) is 6.33. The van der Waals surface area contributed by atoms with Gasteiger partial charge in [0, 0.05) is 10.6 Å². The fraction of sp³-hybridized carbons (Fsp3) is 0.0714. The minimum atomic E-state index is 0.164. The van der Waals surface area contributed by atoms with Gasteiger partial charge in [-0.25, -0.2) is 0 Å². The van der Waals surface area contributed by atoms with Crippen molar-refractivity contribution in [1.29, 1.82) is 0 Å². The predicted octanol–water partition coefficient (Wildman–Crippen LogP) is 4.04. The summed E-state index contributed by atoms with van der Waals surface area (Å²) in [4.78, 5) is 0. The topological polar surface area (TPSA) is 24.4 Å². The molecule has 0 saturated carbocycles. The molecule has 0 radical (unpaired) electrons. The SMILES string of the molecule is Clc1ccc([C@@H]2NN=C(c3ccccc3)S2)cc1. The maximum Gasteiger partial charge on any atom is 0.126 e. The van der Waals surface area contributed by atoms with Gasteiger partial charge in [-0.1, -0.05) is 65.8 Å². The van der Waals surface area contributed by atoms with Gasteiger partial charge in [0.15, 0.2) is 0 Å². The van der Waals surface area contributed by atoms with Crippen LogP contribution in [0.2, 0.25) is 5.02 Å². The standard InChI is InChI=1S/C14H11ClN2S/c15-12-8-6-11(7-9-12)14-17-16-13(18-14)10-4-2-1-3-5-10/h1-9,14,17H/t14-/m1/s1. The van der Waals surface area contributed by atoms with Gasteiger partial charge in [-0.2, -0.15) is 5.10 Å². The van der Waals surface area contributed by atoms with Crippen LogP contribution in [0.15, 0.2) is 59.7 Å². The number of halogens is 1. The summed E-state index contributed by atoms with van der Waals surface area (Å²) < 4.78 is 0. The Hall–Kier alpha value is -1.45. The van der Waals surface area contributed by atoms with Crippen LogP contribution >= 0.6 is 23.4 Å². The third kappa shape index (κ3) is 2.37. The first-order valence-electron chi connectivity index (χ1n) is 5.64. The number of benzene rings is 2. The maximum atomic E-state index is 5.89. The highest BCUT2D eigenvalue weighted by molar-refractivity contribution is 8.14. The normalized spacial score (nSPS) is 18.3. The zero-order chi connectivity index (χ0) is 12.4. The van der Waals surface area contributed by atoms with Crippen LogP contribution in [-0.4, -0.2) is 5.04 Å². The van der Waals surface area contributed by atoms with E-state index in [2.05, 4.69) is 22.7 Å². The molecule has 0 aromatic heterocycles. The van der Waals surface area contributed by atoms with Crippen molar-refractivity contribution in [2.24, 2.45) is 5.10 Å². The Balaban J connectivity index is 1.76. The molecule has 1 N–H and O–H groups in total. The summed E-state index contributed by atoms with van der Waals surface area (Å²) in [6, 6.07) is 18.0. The maximum absolute atomic E-state index is 5.89. The van der Waals surface area contributed by atoms with Crippen LogP contribution in [0.5, 0.6) is 0 Å². The second-order valence-electron chi connectivity index (χ2n) is 3.96. The summed E-state index contributed by atoms with van der Waals surface area (Å²) in [6.07, 6.45) is 0. The molecule has 2 aromatic rings. The molecule has 0 unspecified atom stereocenters. The number of thioether (sulfide) groups is 1. The molecule has 0 fully saturated rings. The third-order valence-corrected chi connectivity index (χ3v) is 4.12. The highest BCUT2D eigenvalue weighted by atomic mass is 35.5. The lowest BCUT2D eigenvalue weighted by Gasteiger charge is -2.09. The summed E-state index contributed by atoms with van der Waals surface area (Å²) in [5.41, 5.74) is 5.47. The molecule has 0 amide bonds. The molecule has 18 heavy (non-hydrogen) atoms. The highest BCUT2D eigenvalue weighted by Gasteiger charge is 2.21. The van der Waals surface area contributed by atoms with E-state index in [9.17, 15) is 0 Å². The average Bonchev–Trinajstić information content (AvgIpc) is 2.90. The third-order valence-electron chi connectivity index (χ3n) is 2.71. The van der Waals surface area contributed by atoms with Crippen molar-refractivity contribution in [1.82, 2.24) is 5.43 Å². The van der Waals surface area contributed by atoms with E-state index in [1.54, 1.807) is 11.8 Å². The van der Waals surface area contributed by atoms with E-state index >= 15 is 0 Å². The van der Waals surface area contributed by atoms with Gasteiger partial charge in [0.25, 0.3) is 0 Å². The largest absolute Gasteiger partial charge is 0.291 e. The molecule has 2 aromatic carbocycles. The van der Waals surface area contributed by atoms with E-state index in [0.29, 0.717) is 0 Å². The van der Waals surface area contributed by atoms with Crippen LogP contribution in [0.4, 0.5) is 0 Å². The number of nitrogens with zero attached hydrogens (tertiary/aromatic N) is 1. The van der Waals surface area contributed by atoms with Gasteiger partial charge in [0.05, 0.1) is 0 Å². The van der Waals surface area contributed by atoms with E-state index in [1.165, 1.54) is 5.56 Å².